The number of piperazine rings is 1. The molecule has 144 valence electrons. The number of carbonyl (C=O) groups is 1. The Kier molecular flexibility index (Phi) is 5.92. The Bertz CT molecular complexity index is 891. The molecule has 0 unspecified atom stereocenters. The number of amides is 1. The average molecular weight is 394 g/mol. The van der Waals surface area contributed by atoms with E-state index in [1.807, 2.05) is 53.0 Å². The van der Waals surface area contributed by atoms with Gasteiger partial charge in [0.15, 0.2) is 0 Å². The van der Waals surface area contributed by atoms with Crippen LogP contribution in [0.5, 0.6) is 0 Å². The van der Waals surface area contributed by atoms with Gasteiger partial charge in [0.2, 0.25) is 5.91 Å². The summed E-state index contributed by atoms with van der Waals surface area (Å²) in [5.74, 6) is 1.14. The predicted octanol–water partition coefficient (Wildman–Crippen LogP) is 2.61. The van der Waals surface area contributed by atoms with Crippen LogP contribution in [0.3, 0.4) is 0 Å². The number of pyridine rings is 2. The van der Waals surface area contributed by atoms with Gasteiger partial charge in [-0.2, -0.15) is 0 Å². The summed E-state index contributed by atoms with van der Waals surface area (Å²) in [7, 11) is 0. The predicted molar refractivity (Wildman–Crippen MR) is 110 cm³/mol. The maximum absolute atomic E-state index is 12.6. The molecule has 0 bridgehead atoms. The Hall–Kier alpha value is -2.80. The van der Waals surface area contributed by atoms with Gasteiger partial charge >= 0.3 is 0 Å². The van der Waals surface area contributed by atoms with Gasteiger partial charge in [0.1, 0.15) is 5.82 Å². The highest BCUT2D eigenvalue weighted by atomic mass is 32.1. The number of carbonyl (C=O) groups excluding carboxylic acids is 1. The zero-order valence-corrected chi connectivity index (χ0v) is 16.5. The van der Waals surface area contributed by atoms with E-state index >= 15 is 0 Å². The fraction of sp³-hybridized carbons (Fsp3) is 0.333. The van der Waals surface area contributed by atoms with E-state index in [9.17, 15) is 4.79 Å². The average Bonchev–Trinajstić information content (AvgIpc) is 3.21. The highest BCUT2D eigenvalue weighted by molar-refractivity contribution is 7.09. The lowest BCUT2D eigenvalue weighted by Gasteiger charge is -2.35. The number of rotatable bonds is 6. The Labute approximate surface area is 168 Å². The highest BCUT2D eigenvalue weighted by Crippen LogP contribution is 2.16. The third kappa shape index (κ3) is 4.72. The van der Waals surface area contributed by atoms with Crippen molar-refractivity contribution in [1.82, 2.24) is 19.9 Å². The van der Waals surface area contributed by atoms with Crippen LogP contribution in [0.1, 0.15) is 16.3 Å². The summed E-state index contributed by atoms with van der Waals surface area (Å²) in [6.45, 7) is 3.09. The molecule has 3 aromatic heterocycles. The summed E-state index contributed by atoms with van der Waals surface area (Å²) in [4.78, 5) is 29.9. The summed E-state index contributed by atoms with van der Waals surface area (Å²) in [6, 6.07) is 9.99. The highest BCUT2D eigenvalue weighted by Gasteiger charge is 2.22. The summed E-state index contributed by atoms with van der Waals surface area (Å²) in [6.07, 6.45) is 7.66. The molecular formula is C21H23N5OS. The van der Waals surface area contributed by atoms with Crippen LogP contribution in [-0.2, 0) is 24.1 Å². The second-order valence-electron chi connectivity index (χ2n) is 6.82. The van der Waals surface area contributed by atoms with E-state index in [4.69, 9.17) is 0 Å². The molecule has 1 amide bonds. The minimum Gasteiger partial charge on any atom is -0.353 e. The Morgan fingerprint density at radius 3 is 2.57 bits per heavy atom. The molecule has 3 aromatic rings. The number of hydrogen-bond acceptors (Lipinski definition) is 6. The van der Waals surface area contributed by atoms with Crippen molar-refractivity contribution >= 4 is 23.1 Å². The van der Waals surface area contributed by atoms with Crippen LogP contribution >= 0.6 is 11.3 Å². The molecule has 0 aliphatic carbocycles. The second-order valence-corrected chi connectivity index (χ2v) is 7.76. The molecule has 0 radical (unpaired) electrons. The first-order valence-electron chi connectivity index (χ1n) is 9.54. The second kappa shape index (κ2) is 8.93. The number of thiazole rings is 1. The quantitative estimate of drug-likeness (QED) is 0.644. The number of aryl methyl sites for hydroxylation is 2. The zero-order valence-electron chi connectivity index (χ0n) is 15.7. The Morgan fingerprint density at radius 2 is 1.82 bits per heavy atom. The number of anilines is 1. The summed E-state index contributed by atoms with van der Waals surface area (Å²) in [5, 5.41) is 3.10. The first kappa shape index (κ1) is 18.6. The number of hydrogen-bond donors (Lipinski definition) is 0. The molecule has 0 aromatic carbocycles. The van der Waals surface area contributed by atoms with Crippen molar-refractivity contribution in [3.63, 3.8) is 0 Å². The standard InChI is InChI=1S/C21H23N5OS/c27-21(26-13-11-25(12-14-26)19-3-1-2-8-23-19)15-18-16-28-20(24-18)5-4-17-6-9-22-10-7-17/h1-3,6-10,16H,4-5,11-15H2. The Balaban J connectivity index is 1.26. The van der Waals surface area contributed by atoms with Gasteiger partial charge in [-0.3, -0.25) is 9.78 Å². The van der Waals surface area contributed by atoms with Crippen molar-refractivity contribution in [2.24, 2.45) is 0 Å². The molecule has 1 fully saturated rings. The maximum atomic E-state index is 12.6. The largest absolute Gasteiger partial charge is 0.353 e. The van der Waals surface area contributed by atoms with E-state index in [0.29, 0.717) is 6.42 Å². The van der Waals surface area contributed by atoms with Crippen LogP contribution in [0.4, 0.5) is 5.82 Å². The summed E-state index contributed by atoms with van der Waals surface area (Å²) >= 11 is 1.64. The normalized spacial score (nSPS) is 14.3. The van der Waals surface area contributed by atoms with Crippen LogP contribution in [-0.4, -0.2) is 51.9 Å². The van der Waals surface area contributed by atoms with Crippen LogP contribution in [0, 0.1) is 0 Å². The van der Waals surface area contributed by atoms with Gasteiger partial charge < -0.3 is 9.80 Å². The van der Waals surface area contributed by atoms with Crippen LogP contribution < -0.4 is 4.90 Å². The van der Waals surface area contributed by atoms with Crippen molar-refractivity contribution in [3.8, 4) is 0 Å². The molecular weight excluding hydrogens is 370 g/mol. The lowest BCUT2D eigenvalue weighted by molar-refractivity contribution is -0.130. The fourth-order valence-electron chi connectivity index (χ4n) is 3.34. The van der Waals surface area contributed by atoms with E-state index in [2.05, 4.69) is 19.9 Å². The van der Waals surface area contributed by atoms with E-state index in [1.165, 1.54) is 5.56 Å². The molecule has 0 N–H and O–H groups in total. The first-order chi connectivity index (χ1) is 13.8. The first-order valence-corrected chi connectivity index (χ1v) is 10.4. The molecule has 28 heavy (non-hydrogen) atoms. The van der Waals surface area contributed by atoms with Gasteiger partial charge in [0.05, 0.1) is 17.1 Å². The van der Waals surface area contributed by atoms with Gasteiger partial charge in [-0.05, 0) is 36.2 Å². The molecule has 0 atom stereocenters. The van der Waals surface area contributed by atoms with Crippen LogP contribution in [0.2, 0.25) is 0 Å². The molecule has 4 heterocycles. The zero-order chi connectivity index (χ0) is 19.2. The molecule has 6 nitrogen and oxygen atoms in total. The monoisotopic (exact) mass is 393 g/mol. The fourth-order valence-corrected chi connectivity index (χ4v) is 4.14. The third-order valence-corrected chi connectivity index (χ3v) is 5.87. The topological polar surface area (TPSA) is 62.2 Å². The van der Waals surface area contributed by atoms with Gasteiger partial charge in [-0.15, -0.1) is 11.3 Å². The minimum absolute atomic E-state index is 0.159. The van der Waals surface area contributed by atoms with Gasteiger partial charge in [-0.25, -0.2) is 9.97 Å². The molecule has 0 spiro atoms. The smallest absolute Gasteiger partial charge is 0.228 e. The molecule has 7 heteroatoms. The lowest BCUT2D eigenvalue weighted by atomic mass is 10.1. The summed E-state index contributed by atoms with van der Waals surface area (Å²) < 4.78 is 0. The molecule has 1 aliphatic heterocycles. The molecule has 1 saturated heterocycles. The SMILES string of the molecule is O=C(Cc1csc(CCc2ccncc2)n1)N1CCN(c2ccccn2)CC1. The van der Waals surface area contributed by atoms with E-state index in [0.717, 1.165) is 55.5 Å². The minimum atomic E-state index is 0.159. The van der Waals surface area contributed by atoms with Crippen molar-refractivity contribution in [1.29, 1.82) is 0 Å². The van der Waals surface area contributed by atoms with Crippen molar-refractivity contribution in [2.75, 3.05) is 31.1 Å². The maximum Gasteiger partial charge on any atom is 0.228 e. The van der Waals surface area contributed by atoms with Crippen LogP contribution in [0.25, 0.3) is 0 Å². The van der Waals surface area contributed by atoms with Gasteiger partial charge in [0.25, 0.3) is 0 Å². The Morgan fingerprint density at radius 1 is 1.00 bits per heavy atom. The van der Waals surface area contributed by atoms with Crippen molar-refractivity contribution in [2.45, 2.75) is 19.3 Å². The van der Waals surface area contributed by atoms with Crippen molar-refractivity contribution in [3.05, 3.63) is 70.6 Å². The summed E-state index contributed by atoms with van der Waals surface area (Å²) in [5.41, 5.74) is 2.14. The van der Waals surface area contributed by atoms with E-state index in [-0.39, 0.29) is 5.91 Å². The van der Waals surface area contributed by atoms with Crippen LogP contribution in [0.15, 0.2) is 54.3 Å². The molecule has 0 saturated carbocycles. The number of nitrogens with zero attached hydrogens (tertiary/aromatic N) is 5. The molecule has 1 aliphatic rings. The number of aromatic nitrogens is 3. The third-order valence-electron chi connectivity index (χ3n) is 4.91. The van der Waals surface area contributed by atoms with Gasteiger partial charge in [0, 0.05) is 56.6 Å². The molecule has 4 rings (SSSR count). The van der Waals surface area contributed by atoms with E-state index in [1.54, 1.807) is 17.5 Å². The van der Waals surface area contributed by atoms with E-state index < -0.39 is 0 Å². The van der Waals surface area contributed by atoms with Gasteiger partial charge in [-0.1, -0.05) is 6.07 Å². The lowest BCUT2D eigenvalue weighted by Crippen LogP contribution is -2.49. The van der Waals surface area contributed by atoms with Crippen molar-refractivity contribution < 1.29 is 4.79 Å².